The van der Waals surface area contributed by atoms with Crippen molar-refractivity contribution in [2.24, 2.45) is 5.73 Å². The molecule has 2 heteroatoms. The summed E-state index contributed by atoms with van der Waals surface area (Å²) in [6.07, 6.45) is 0. The Labute approximate surface area is 77.5 Å². The normalized spacial score (nSPS) is 8.83. The molecule has 0 amide bonds. The predicted molar refractivity (Wildman–Crippen MR) is 51.9 cm³/mol. The summed E-state index contributed by atoms with van der Waals surface area (Å²) in [4.78, 5) is 0. The van der Waals surface area contributed by atoms with Crippen LogP contribution >= 0.6 is 11.6 Å². The zero-order valence-electron chi connectivity index (χ0n) is 6.68. The first-order valence-electron chi connectivity index (χ1n) is 3.71. The third-order valence-corrected chi connectivity index (χ3v) is 1.66. The smallest absolute Gasteiger partial charge is 0.0839 e. The fourth-order valence-electron chi connectivity index (χ4n) is 0.949. The molecule has 0 heterocycles. The van der Waals surface area contributed by atoms with Crippen LogP contribution < -0.4 is 5.73 Å². The molecule has 2 N–H and O–H groups in total. The molecule has 0 fully saturated rings. The molecule has 1 aromatic rings. The number of alkyl halides is 1. The van der Waals surface area contributed by atoms with Gasteiger partial charge in [-0.15, -0.1) is 11.6 Å². The molecule has 12 heavy (non-hydrogen) atoms. The third kappa shape index (κ3) is 2.27. The van der Waals surface area contributed by atoms with Crippen molar-refractivity contribution in [3.05, 3.63) is 35.4 Å². The molecule has 0 unspecified atom stereocenters. The summed E-state index contributed by atoms with van der Waals surface area (Å²) in [6, 6.07) is 7.81. The van der Waals surface area contributed by atoms with E-state index in [2.05, 4.69) is 11.8 Å². The van der Waals surface area contributed by atoms with E-state index in [0.717, 1.165) is 11.1 Å². The Morgan fingerprint density at radius 2 is 2.08 bits per heavy atom. The third-order valence-electron chi connectivity index (χ3n) is 1.53. The molecule has 0 aliphatic carbocycles. The van der Waals surface area contributed by atoms with Gasteiger partial charge >= 0.3 is 0 Å². The van der Waals surface area contributed by atoms with E-state index in [-0.39, 0.29) is 0 Å². The molecular formula is C10H10ClN. The maximum Gasteiger partial charge on any atom is 0.0839 e. The van der Waals surface area contributed by atoms with Gasteiger partial charge in [-0.05, 0) is 11.6 Å². The Morgan fingerprint density at radius 1 is 1.33 bits per heavy atom. The largest absolute Gasteiger partial charge is 0.326 e. The summed E-state index contributed by atoms with van der Waals surface area (Å²) in [7, 11) is 0. The molecule has 0 aliphatic rings. The fraction of sp³-hybridized carbons (Fsp3) is 0.200. The highest BCUT2D eigenvalue weighted by molar-refractivity contribution is 6.19. The van der Waals surface area contributed by atoms with Crippen molar-refractivity contribution in [3.8, 4) is 11.8 Å². The maximum absolute atomic E-state index is 5.52. The number of halogens is 1. The fourth-order valence-corrected chi connectivity index (χ4v) is 1.02. The lowest BCUT2D eigenvalue weighted by Crippen LogP contribution is -1.98. The summed E-state index contributed by atoms with van der Waals surface area (Å²) in [5.41, 5.74) is 7.56. The van der Waals surface area contributed by atoms with Crippen LogP contribution in [0.5, 0.6) is 0 Å². The lowest BCUT2D eigenvalue weighted by atomic mass is 10.1. The maximum atomic E-state index is 5.52. The second kappa shape index (κ2) is 4.82. The highest BCUT2D eigenvalue weighted by Gasteiger charge is 1.93. The first kappa shape index (κ1) is 9.12. The molecule has 0 spiro atoms. The monoisotopic (exact) mass is 179 g/mol. The van der Waals surface area contributed by atoms with Crippen molar-refractivity contribution in [2.45, 2.75) is 6.54 Å². The van der Waals surface area contributed by atoms with Crippen LogP contribution in [0.25, 0.3) is 0 Å². The Balaban J connectivity index is 2.97. The van der Waals surface area contributed by atoms with Gasteiger partial charge in [0.15, 0.2) is 0 Å². The second-order valence-electron chi connectivity index (χ2n) is 2.30. The number of hydrogen-bond acceptors (Lipinski definition) is 1. The van der Waals surface area contributed by atoms with Crippen LogP contribution in [0.15, 0.2) is 24.3 Å². The van der Waals surface area contributed by atoms with Crippen LogP contribution in [0.4, 0.5) is 0 Å². The quantitative estimate of drug-likeness (QED) is 0.516. The van der Waals surface area contributed by atoms with Gasteiger partial charge in [0.05, 0.1) is 5.88 Å². The predicted octanol–water partition coefficient (Wildman–Crippen LogP) is 1.74. The van der Waals surface area contributed by atoms with Crippen molar-refractivity contribution < 1.29 is 0 Å². The molecular weight excluding hydrogens is 170 g/mol. The Bertz CT molecular complexity index is 309. The Morgan fingerprint density at radius 3 is 2.75 bits per heavy atom. The number of hydrogen-bond donors (Lipinski definition) is 1. The summed E-state index contributed by atoms with van der Waals surface area (Å²) in [5.74, 6) is 6.11. The minimum absolute atomic E-state index is 0.360. The second-order valence-corrected chi connectivity index (χ2v) is 2.56. The van der Waals surface area contributed by atoms with Crippen LogP contribution in [0.3, 0.4) is 0 Å². The molecule has 62 valence electrons. The lowest BCUT2D eigenvalue weighted by Gasteiger charge is -1.98. The van der Waals surface area contributed by atoms with Gasteiger partial charge in [-0.3, -0.25) is 0 Å². The lowest BCUT2D eigenvalue weighted by molar-refractivity contribution is 1.06. The standard InChI is InChI=1S/C10H10ClN/c11-7-3-6-9-4-1-2-5-10(9)8-12/h1-2,4-5H,7-8,12H2. The molecule has 0 saturated heterocycles. The Hall–Kier alpha value is -0.970. The zero-order chi connectivity index (χ0) is 8.81. The van der Waals surface area contributed by atoms with Crippen molar-refractivity contribution in [1.29, 1.82) is 0 Å². The molecule has 0 radical (unpaired) electrons. The summed E-state index contributed by atoms with van der Waals surface area (Å²) in [5, 5.41) is 0. The van der Waals surface area contributed by atoms with Gasteiger partial charge < -0.3 is 5.73 Å². The van der Waals surface area contributed by atoms with Crippen LogP contribution in [0.1, 0.15) is 11.1 Å². The number of benzene rings is 1. The summed E-state index contributed by atoms with van der Waals surface area (Å²) < 4.78 is 0. The van der Waals surface area contributed by atoms with E-state index in [0.29, 0.717) is 12.4 Å². The van der Waals surface area contributed by atoms with E-state index < -0.39 is 0 Å². The molecule has 0 atom stereocenters. The molecule has 1 nitrogen and oxygen atoms in total. The van der Waals surface area contributed by atoms with Gasteiger partial charge in [-0.25, -0.2) is 0 Å². The number of rotatable bonds is 1. The molecule has 0 aromatic heterocycles. The first-order chi connectivity index (χ1) is 5.88. The van der Waals surface area contributed by atoms with Crippen LogP contribution in [-0.2, 0) is 6.54 Å². The van der Waals surface area contributed by atoms with Crippen LogP contribution in [0, 0.1) is 11.8 Å². The van der Waals surface area contributed by atoms with Gasteiger partial charge in [-0.2, -0.15) is 0 Å². The van der Waals surface area contributed by atoms with Gasteiger partial charge in [0.1, 0.15) is 0 Å². The van der Waals surface area contributed by atoms with E-state index in [1.807, 2.05) is 24.3 Å². The first-order valence-corrected chi connectivity index (χ1v) is 4.24. The van der Waals surface area contributed by atoms with E-state index >= 15 is 0 Å². The molecule has 1 rings (SSSR count). The van der Waals surface area contributed by atoms with Gasteiger partial charge in [0.25, 0.3) is 0 Å². The molecule has 0 saturated carbocycles. The highest BCUT2D eigenvalue weighted by atomic mass is 35.5. The number of nitrogens with two attached hydrogens (primary N) is 1. The van der Waals surface area contributed by atoms with Gasteiger partial charge in [0.2, 0.25) is 0 Å². The van der Waals surface area contributed by atoms with E-state index in [1.165, 1.54) is 0 Å². The van der Waals surface area contributed by atoms with E-state index in [9.17, 15) is 0 Å². The molecule has 0 aliphatic heterocycles. The SMILES string of the molecule is NCc1ccccc1C#CCCl. The topological polar surface area (TPSA) is 26.0 Å². The minimum atomic E-state index is 0.360. The molecule has 1 aromatic carbocycles. The van der Waals surface area contributed by atoms with Crippen molar-refractivity contribution in [2.75, 3.05) is 5.88 Å². The van der Waals surface area contributed by atoms with Crippen LogP contribution in [-0.4, -0.2) is 5.88 Å². The summed E-state index contributed by atoms with van der Waals surface area (Å²) in [6.45, 7) is 0.521. The van der Waals surface area contributed by atoms with Gasteiger partial charge in [-0.1, -0.05) is 30.0 Å². The highest BCUT2D eigenvalue weighted by Crippen LogP contribution is 2.05. The minimum Gasteiger partial charge on any atom is -0.326 e. The average molecular weight is 180 g/mol. The van der Waals surface area contributed by atoms with Gasteiger partial charge in [0, 0.05) is 12.1 Å². The Kier molecular flexibility index (Phi) is 3.66. The van der Waals surface area contributed by atoms with E-state index in [4.69, 9.17) is 17.3 Å². The molecule has 0 bridgehead atoms. The van der Waals surface area contributed by atoms with Crippen molar-refractivity contribution in [3.63, 3.8) is 0 Å². The average Bonchev–Trinajstić information content (AvgIpc) is 2.15. The zero-order valence-corrected chi connectivity index (χ0v) is 7.43. The van der Waals surface area contributed by atoms with Crippen LogP contribution in [0.2, 0.25) is 0 Å². The van der Waals surface area contributed by atoms with Crippen molar-refractivity contribution >= 4 is 11.6 Å². The summed E-state index contributed by atoms with van der Waals surface area (Å²) >= 11 is 5.44. The van der Waals surface area contributed by atoms with Crippen molar-refractivity contribution in [1.82, 2.24) is 0 Å². The van der Waals surface area contributed by atoms with E-state index in [1.54, 1.807) is 0 Å².